The zero-order valence-corrected chi connectivity index (χ0v) is 21.4. The van der Waals surface area contributed by atoms with E-state index in [9.17, 15) is 17.6 Å². The van der Waals surface area contributed by atoms with Gasteiger partial charge in [-0.15, -0.1) is 0 Å². The first-order valence-electron chi connectivity index (χ1n) is 12.4. The normalized spacial score (nSPS) is 11.6. The lowest BCUT2D eigenvalue weighted by atomic mass is 9.88. The fraction of sp³-hybridized carbons (Fsp3) is 0.129. The highest BCUT2D eigenvalue weighted by Crippen LogP contribution is 2.31. The van der Waals surface area contributed by atoms with Crippen LogP contribution in [0.5, 0.6) is 0 Å². The van der Waals surface area contributed by atoms with E-state index < -0.39 is 15.7 Å². The van der Waals surface area contributed by atoms with Gasteiger partial charge >= 0.3 is 0 Å². The van der Waals surface area contributed by atoms with E-state index in [1.54, 1.807) is 28.8 Å². The number of halogens is 1. The van der Waals surface area contributed by atoms with Gasteiger partial charge in [-0.3, -0.25) is 4.79 Å². The van der Waals surface area contributed by atoms with Crippen molar-refractivity contribution in [3.63, 3.8) is 0 Å². The van der Waals surface area contributed by atoms with E-state index in [4.69, 9.17) is 0 Å². The Hall–Kier alpha value is -4.23. The van der Waals surface area contributed by atoms with Crippen molar-refractivity contribution in [2.24, 2.45) is 0 Å². The lowest BCUT2D eigenvalue weighted by molar-refractivity contribution is -0.121. The number of rotatable bonds is 9. The maximum Gasteiger partial charge on any atom is 0.239 e. The summed E-state index contributed by atoms with van der Waals surface area (Å²) in [5, 5.41) is 3.51. The van der Waals surface area contributed by atoms with Gasteiger partial charge in [-0.25, -0.2) is 12.8 Å². The van der Waals surface area contributed by atoms with Gasteiger partial charge in [0.2, 0.25) is 15.7 Å². The lowest BCUT2D eigenvalue weighted by Gasteiger charge is -2.18. The number of para-hydroxylation sites is 1. The summed E-state index contributed by atoms with van der Waals surface area (Å²) in [4.78, 5) is 13.0. The summed E-state index contributed by atoms with van der Waals surface area (Å²) in [6.45, 7) is 0.439. The van der Waals surface area contributed by atoms with Crippen LogP contribution >= 0.6 is 0 Å². The Kier molecular flexibility index (Phi) is 7.38. The van der Waals surface area contributed by atoms with Gasteiger partial charge < -0.3 is 9.88 Å². The van der Waals surface area contributed by atoms with Gasteiger partial charge in [0.15, 0.2) is 0 Å². The average molecular weight is 527 g/mol. The van der Waals surface area contributed by atoms with Gasteiger partial charge in [0.1, 0.15) is 12.4 Å². The van der Waals surface area contributed by atoms with E-state index in [2.05, 4.69) is 29.6 Å². The maximum atomic E-state index is 13.4. The first-order chi connectivity index (χ1) is 18.4. The molecule has 0 aliphatic heterocycles. The fourth-order valence-electron chi connectivity index (χ4n) is 4.76. The molecule has 0 spiro atoms. The first-order valence-corrected chi connectivity index (χ1v) is 13.9. The number of amides is 1. The van der Waals surface area contributed by atoms with Gasteiger partial charge in [-0.05, 0) is 47.9 Å². The highest BCUT2D eigenvalue weighted by molar-refractivity contribution is 7.91. The van der Waals surface area contributed by atoms with E-state index in [-0.39, 0.29) is 28.2 Å². The number of nitrogens with one attached hydrogen (secondary N) is 1. The minimum atomic E-state index is -3.91. The maximum absolute atomic E-state index is 13.4. The third-order valence-electron chi connectivity index (χ3n) is 6.64. The molecule has 1 N–H and O–H groups in total. The highest BCUT2D eigenvalue weighted by Gasteiger charge is 2.24. The van der Waals surface area contributed by atoms with Crippen LogP contribution in [0.15, 0.2) is 125 Å². The summed E-state index contributed by atoms with van der Waals surface area (Å²) in [5.74, 6) is -0.585. The number of hydrogen-bond acceptors (Lipinski definition) is 3. The molecule has 0 unspecified atom stereocenters. The Bertz CT molecular complexity index is 1610. The molecule has 0 aliphatic rings. The molecule has 192 valence electrons. The topological polar surface area (TPSA) is 68.2 Å². The molecule has 1 aromatic heterocycles. The molecule has 1 heterocycles. The van der Waals surface area contributed by atoms with Crippen LogP contribution < -0.4 is 5.32 Å². The molecule has 0 fully saturated rings. The summed E-state index contributed by atoms with van der Waals surface area (Å²) in [5.41, 5.74) is 3.00. The molecular formula is C31H27FN2O3S. The standard InChI is InChI=1S/C31H27FN2O3S/c32-25-15-17-26(18-16-25)38(36,37)30-21-34(29-14-8-7-13-28(29)30)22-31(35)33-20-19-27(23-9-3-1-4-10-23)24-11-5-2-6-12-24/h1-18,21,27H,19-20,22H2,(H,33,35). The third-order valence-corrected chi connectivity index (χ3v) is 8.44. The lowest BCUT2D eigenvalue weighted by Crippen LogP contribution is -2.29. The molecule has 38 heavy (non-hydrogen) atoms. The molecule has 4 aromatic carbocycles. The Morgan fingerprint density at radius 3 is 2.00 bits per heavy atom. The monoisotopic (exact) mass is 526 g/mol. The smallest absolute Gasteiger partial charge is 0.239 e. The number of nitrogens with zero attached hydrogens (tertiary/aromatic N) is 1. The van der Waals surface area contributed by atoms with E-state index >= 15 is 0 Å². The fourth-order valence-corrected chi connectivity index (χ4v) is 6.24. The second kappa shape index (κ2) is 11.0. The van der Waals surface area contributed by atoms with E-state index in [0.717, 1.165) is 18.6 Å². The van der Waals surface area contributed by atoms with Crippen LogP contribution in [0.3, 0.4) is 0 Å². The molecule has 0 saturated heterocycles. The van der Waals surface area contributed by atoms with Crippen molar-refractivity contribution in [3.05, 3.63) is 132 Å². The molecule has 5 aromatic rings. The van der Waals surface area contributed by atoms with Gasteiger partial charge in [0.05, 0.1) is 9.79 Å². The van der Waals surface area contributed by atoms with Crippen LogP contribution in [-0.2, 0) is 21.2 Å². The van der Waals surface area contributed by atoms with Crippen molar-refractivity contribution in [1.29, 1.82) is 0 Å². The first kappa shape index (κ1) is 25.4. The van der Waals surface area contributed by atoms with E-state index in [0.29, 0.717) is 17.4 Å². The number of benzene rings is 4. The van der Waals surface area contributed by atoms with Crippen molar-refractivity contribution in [3.8, 4) is 0 Å². The summed E-state index contributed by atoms with van der Waals surface area (Å²) < 4.78 is 41.7. The van der Waals surface area contributed by atoms with Crippen LogP contribution in [0.1, 0.15) is 23.5 Å². The van der Waals surface area contributed by atoms with Crippen molar-refractivity contribution in [2.75, 3.05) is 6.54 Å². The van der Waals surface area contributed by atoms with E-state index in [1.807, 2.05) is 36.4 Å². The highest BCUT2D eigenvalue weighted by atomic mass is 32.2. The molecule has 0 saturated carbocycles. The molecule has 5 nitrogen and oxygen atoms in total. The van der Waals surface area contributed by atoms with E-state index in [1.165, 1.54) is 29.5 Å². The molecule has 0 radical (unpaired) electrons. The van der Waals surface area contributed by atoms with Crippen LogP contribution in [0.2, 0.25) is 0 Å². The largest absolute Gasteiger partial charge is 0.355 e. The number of hydrogen-bond donors (Lipinski definition) is 1. The van der Waals surface area contributed by atoms with Crippen LogP contribution in [0, 0.1) is 5.82 Å². The Morgan fingerprint density at radius 2 is 1.37 bits per heavy atom. The Morgan fingerprint density at radius 1 is 0.789 bits per heavy atom. The Balaban J connectivity index is 1.33. The van der Waals surface area contributed by atoms with Crippen molar-refractivity contribution >= 4 is 26.6 Å². The second-order valence-electron chi connectivity index (χ2n) is 9.11. The predicted octanol–water partition coefficient (Wildman–Crippen LogP) is 5.95. The zero-order chi connectivity index (χ0) is 26.5. The van der Waals surface area contributed by atoms with Gasteiger partial charge in [0.25, 0.3) is 0 Å². The van der Waals surface area contributed by atoms with Crippen molar-refractivity contribution in [1.82, 2.24) is 9.88 Å². The SMILES string of the molecule is O=C(Cn1cc(S(=O)(=O)c2ccc(F)cc2)c2ccccc21)NCCC(c1ccccc1)c1ccccc1. The Labute approximate surface area is 221 Å². The number of carbonyl (C=O) groups is 1. The van der Waals surface area contributed by atoms with Crippen molar-refractivity contribution in [2.45, 2.75) is 28.7 Å². The molecule has 0 atom stereocenters. The third kappa shape index (κ3) is 5.38. The summed E-state index contributed by atoms with van der Waals surface area (Å²) in [6.07, 6.45) is 2.20. The number of carbonyl (C=O) groups excluding carboxylic acids is 1. The summed E-state index contributed by atoms with van der Waals surface area (Å²) in [7, 11) is -3.91. The minimum absolute atomic E-state index is 0.000814. The number of fused-ring (bicyclic) bond motifs is 1. The molecular weight excluding hydrogens is 499 g/mol. The molecule has 7 heteroatoms. The van der Waals surface area contributed by atoms with Crippen LogP contribution in [0.4, 0.5) is 4.39 Å². The summed E-state index contributed by atoms with van der Waals surface area (Å²) >= 11 is 0. The molecule has 0 bridgehead atoms. The molecule has 0 aliphatic carbocycles. The van der Waals surface area contributed by atoms with Crippen LogP contribution in [0.25, 0.3) is 10.9 Å². The molecule has 1 amide bonds. The van der Waals surface area contributed by atoms with Gasteiger partial charge in [-0.2, -0.15) is 0 Å². The minimum Gasteiger partial charge on any atom is -0.355 e. The average Bonchev–Trinajstić information content (AvgIpc) is 3.31. The summed E-state index contributed by atoms with van der Waals surface area (Å²) in [6, 6.07) is 32.2. The van der Waals surface area contributed by atoms with Gasteiger partial charge in [-0.1, -0.05) is 78.9 Å². The number of aromatic nitrogens is 1. The zero-order valence-electron chi connectivity index (χ0n) is 20.6. The van der Waals surface area contributed by atoms with Crippen LogP contribution in [-0.4, -0.2) is 25.4 Å². The molecule has 5 rings (SSSR count). The van der Waals surface area contributed by atoms with Crippen molar-refractivity contribution < 1.29 is 17.6 Å². The predicted molar refractivity (Wildman–Crippen MR) is 146 cm³/mol. The number of sulfone groups is 1. The second-order valence-corrected chi connectivity index (χ2v) is 11.0. The van der Waals surface area contributed by atoms with Gasteiger partial charge in [0, 0.05) is 29.6 Å². The quantitative estimate of drug-likeness (QED) is 0.241.